The number of nitrogens with zero attached hydrogens (tertiary/aromatic N) is 2. The lowest BCUT2D eigenvalue weighted by molar-refractivity contribution is -0.140. The zero-order valence-electron chi connectivity index (χ0n) is 25.1. The van der Waals surface area contributed by atoms with Crippen molar-refractivity contribution in [3.63, 3.8) is 0 Å². The molecule has 0 aliphatic rings. The molecule has 0 unspecified atom stereocenters. The zero-order valence-corrected chi connectivity index (χ0v) is 26.6. The molecule has 0 saturated heterocycles. The number of nitrogens with one attached hydrogen (secondary N) is 1. The molecule has 226 valence electrons. The van der Waals surface area contributed by atoms with Crippen LogP contribution in [-0.4, -0.2) is 50.9 Å². The second kappa shape index (κ2) is 14.6. The number of carbonyl (C=O) groups is 2. The van der Waals surface area contributed by atoms with E-state index in [1.54, 1.807) is 62.6 Å². The monoisotopic (exact) mass is 613 g/mol. The Morgan fingerprint density at radius 3 is 2.26 bits per heavy atom. The number of aryl methyl sites for hydroxylation is 1. The van der Waals surface area contributed by atoms with Gasteiger partial charge in [0.2, 0.25) is 11.8 Å². The fourth-order valence-electron chi connectivity index (χ4n) is 4.55. The van der Waals surface area contributed by atoms with E-state index in [1.807, 2.05) is 33.8 Å². The average Bonchev–Trinajstić information content (AvgIpc) is 2.97. The number of methoxy groups -OCH3 is 1. The van der Waals surface area contributed by atoms with Crippen LogP contribution in [0.15, 0.2) is 71.6 Å². The molecule has 0 aliphatic carbocycles. The maximum absolute atomic E-state index is 14.2. The zero-order chi connectivity index (χ0) is 31.0. The first-order valence-electron chi connectivity index (χ1n) is 14.0. The minimum absolute atomic E-state index is 0.0428. The molecule has 42 heavy (non-hydrogen) atoms. The van der Waals surface area contributed by atoms with Crippen LogP contribution in [0.4, 0.5) is 5.69 Å². The van der Waals surface area contributed by atoms with E-state index < -0.39 is 28.5 Å². The van der Waals surface area contributed by atoms with Crippen LogP contribution in [0, 0.1) is 13.8 Å². The summed E-state index contributed by atoms with van der Waals surface area (Å²) < 4.78 is 34.6. The Kier molecular flexibility index (Phi) is 11.4. The van der Waals surface area contributed by atoms with Gasteiger partial charge in [0.25, 0.3) is 10.0 Å². The Labute approximate surface area is 254 Å². The molecule has 3 aromatic carbocycles. The molecule has 0 bridgehead atoms. The summed E-state index contributed by atoms with van der Waals surface area (Å²) in [7, 11) is -2.64. The van der Waals surface area contributed by atoms with Crippen LogP contribution in [-0.2, 0) is 26.2 Å². The van der Waals surface area contributed by atoms with Crippen molar-refractivity contribution in [1.82, 2.24) is 10.2 Å². The van der Waals surface area contributed by atoms with E-state index in [0.29, 0.717) is 22.8 Å². The molecular formula is C32H40ClN3O5S. The van der Waals surface area contributed by atoms with Crippen LogP contribution in [0.3, 0.4) is 0 Å². The van der Waals surface area contributed by atoms with Gasteiger partial charge in [0.1, 0.15) is 18.3 Å². The molecule has 2 atom stereocenters. The number of rotatable bonds is 13. The van der Waals surface area contributed by atoms with Gasteiger partial charge in [-0.05, 0) is 81.1 Å². The van der Waals surface area contributed by atoms with E-state index in [4.69, 9.17) is 16.3 Å². The summed E-state index contributed by atoms with van der Waals surface area (Å²) in [6, 6.07) is 17.7. The minimum Gasteiger partial charge on any atom is -0.497 e. The number of carbonyl (C=O) groups excluding carboxylic acids is 2. The second-order valence-electron chi connectivity index (χ2n) is 10.3. The SMILES string of the molecule is CC[C@@H](C)NC(=O)[C@@H](CC)N(Cc1cccc(OC)c1)C(=O)CN(c1cccc(Cl)c1C)S(=O)(=O)c1ccc(C)cc1. The molecule has 0 saturated carbocycles. The summed E-state index contributed by atoms with van der Waals surface area (Å²) in [5, 5.41) is 3.35. The summed E-state index contributed by atoms with van der Waals surface area (Å²) in [6.45, 7) is 8.81. The van der Waals surface area contributed by atoms with Crippen molar-refractivity contribution in [2.75, 3.05) is 18.0 Å². The first-order chi connectivity index (χ1) is 19.9. The largest absolute Gasteiger partial charge is 0.497 e. The van der Waals surface area contributed by atoms with E-state index in [-0.39, 0.29) is 29.1 Å². The van der Waals surface area contributed by atoms with Crippen molar-refractivity contribution in [1.29, 1.82) is 0 Å². The molecule has 3 rings (SSSR count). The van der Waals surface area contributed by atoms with Crippen LogP contribution in [0.2, 0.25) is 5.02 Å². The van der Waals surface area contributed by atoms with Gasteiger partial charge in [-0.25, -0.2) is 8.42 Å². The Morgan fingerprint density at radius 1 is 0.976 bits per heavy atom. The lowest BCUT2D eigenvalue weighted by atomic mass is 10.1. The van der Waals surface area contributed by atoms with Crippen molar-refractivity contribution in [2.24, 2.45) is 0 Å². The van der Waals surface area contributed by atoms with Crippen LogP contribution in [0.1, 0.15) is 50.3 Å². The van der Waals surface area contributed by atoms with Gasteiger partial charge >= 0.3 is 0 Å². The molecule has 10 heteroatoms. The molecule has 8 nitrogen and oxygen atoms in total. The van der Waals surface area contributed by atoms with Gasteiger partial charge in [0, 0.05) is 17.6 Å². The van der Waals surface area contributed by atoms with Gasteiger partial charge in [-0.15, -0.1) is 0 Å². The van der Waals surface area contributed by atoms with Gasteiger partial charge in [-0.2, -0.15) is 0 Å². The topological polar surface area (TPSA) is 96.0 Å². The van der Waals surface area contributed by atoms with Crippen LogP contribution in [0.25, 0.3) is 0 Å². The number of ether oxygens (including phenoxy) is 1. The molecule has 0 heterocycles. The summed E-state index contributed by atoms with van der Waals surface area (Å²) in [5.74, 6) is -0.218. The van der Waals surface area contributed by atoms with Crippen molar-refractivity contribution >= 4 is 39.1 Å². The molecule has 0 fully saturated rings. The highest BCUT2D eigenvalue weighted by atomic mass is 35.5. The van der Waals surface area contributed by atoms with E-state index in [1.165, 1.54) is 17.0 Å². The van der Waals surface area contributed by atoms with Crippen molar-refractivity contribution in [2.45, 2.75) is 71.0 Å². The first kappa shape index (κ1) is 32.9. The number of halogens is 1. The van der Waals surface area contributed by atoms with Gasteiger partial charge < -0.3 is 15.0 Å². The molecule has 0 aromatic heterocycles. The van der Waals surface area contributed by atoms with Crippen LogP contribution >= 0.6 is 11.6 Å². The third kappa shape index (κ3) is 7.83. The number of benzene rings is 3. The Hall–Kier alpha value is -3.56. The summed E-state index contributed by atoms with van der Waals surface area (Å²) in [4.78, 5) is 29.2. The quantitative estimate of drug-likeness (QED) is 0.260. The van der Waals surface area contributed by atoms with Gasteiger partial charge in [0.15, 0.2) is 0 Å². The fourth-order valence-corrected chi connectivity index (χ4v) is 6.19. The Bertz CT molecular complexity index is 1490. The van der Waals surface area contributed by atoms with Crippen molar-refractivity contribution in [3.8, 4) is 5.75 Å². The van der Waals surface area contributed by atoms with Crippen LogP contribution in [0.5, 0.6) is 5.75 Å². The second-order valence-corrected chi connectivity index (χ2v) is 12.6. The van der Waals surface area contributed by atoms with Gasteiger partial charge in [0.05, 0.1) is 17.7 Å². The smallest absolute Gasteiger partial charge is 0.264 e. The predicted molar refractivity (Wildman–Crippen MR) is 167 cm³/mol. The molecule has 3 aromatic rings. The molecule has 0 radical (unpaired) electrons. The lowest BCUT2D eigenvalue weighted by Gasteiger charge is -2.34. The normalized spacial score (nSPS) is 12.7. The van der Waals surface area contributed by atoms with Crippen molar-refractivity contribution in [3.05, 3.63) is 88.4 Å². The molecule has 0 spiro atoms. The first-order valence-corrected chi connectivity index (χ1v) is 15.8. The third-order valence-corrected chi connectivity index (χ3v) is 9.45. The van der Waals surface area contributed by atoms with Gasteiger partial charge in [-0.1, -0.05) is 61.3 Å². The summed E-state index contributed by atoms with van der Waals surface area (Å²) in [6.07, 6.45) is 1.06. The number of anilines is 1. The number of hydrogen-bond donors (Lipinski definition) is 1. The van der Waals surface area contributed by atoms with E-state index >= 15 is 0 Å². The standard InChI is InChI=1S/C32H40ClN3O5S/c1-7-23(4)34-32(38)29(8-2)35(20-25-11-9-12-26(19-25)41-6)31(37)21-36(30-14-10-13-28(33)24(30)5)42(39,40)27-17-15-22(3)16-18-27/h9-19,23,29H,7-8,20-21H2,1-6H3,(H,34,38)/t23-,29-/m1/s1. The third-order valence-electron chi connectivity index (χ3n) is 7.27. The summed E-state index contributed by atoms with van der Waals surface area (Å²) >= 11 is 6.40. The Balaban J connectivity index is 2.11. The van der Waals surface area contributed by atoms with Crippen LogP contribution < -0.4 is 14.4 Å². The minimum atomic E-state index is -4.19. The Morgan fingerprint density at radius 2 is 1.64 bits per heavy atom. The maximum Gasteiger partial charge on any atom is 0.264 e. The highest BCUT2D eigenvalue weighted by Crippen LogP contribution is 2.31. The van der Waals surface area contributed by atoms with Gasteiger partial charge in [-0.3, -0.25) is 13.9 Å². The maximum atomic E-state index is 14.2. The lowest BCUT2D eigenvalue weighted by Crippen LogP contribution is -2.53. The highest BCUT2D eigenvalue weighted by Gasteiger charge is 2.34. The predicted octanol–water partition coefficient (Wildman–Crippen LogP) is 5.88. The number of sulfonamides is 1. The molecule has 2 amide bonds. The number of amides is 2. The molecule has 1 N–H and O–H groups in total. The summed E-state index contributed by atoms with van der Waals surface area (Å²) in [5.41, 5.74) is 2.45. The average molecular weight is 614 g/mol. The highest BCUT2D eigenvalue weighted by molar-refractivity contribution is 7.92. The van der Waals surface area contributed by atoms with E-state index in [0.717, 1.165) is 21.9 Å². The molecular weight excluding hydrogens is 574 g/mol. The van der Waals surface area contributed by atoms with Crippen molar-refractivity contribution < 1.29 is 22.7 Å². The van der Waals surface area contributed by atoms with E-state index in [2.05, 4.69) is 5.32 Å². The van der Waals surface area contributed by atoms with E-state index in [9.17, 15) is 18.0 Å². The molecule has 0 aliphatic heterocycles. The fraction of sp³-hybridized carbons (Fsp3) is 0.375. The number of hydrogen-bond acceptors (Lipinski definition) is 5.